The highest BCUT2D eigenvalue weighted by molar-refractivity contribution is 6.35. The lowest BCUT2D eigenvalue weighted by Gasteiger charge is -2.13. The van der Waals surface area contributed by atoms with Crippen molar-refractivity contribution in [2.75, 3.05) is 18.1 Å². The number of anilines is 1. The molecule has 1 saturated heterocycles. The zero-order valence-corrected chi connectivity index (χ0v) is 15.3. The number of rotatable bonds is 4. The lowest BCUT2D eigenvalue weighted by molar-refractivity contribution is 0.0955. The summed E-state index contributed by atoms with van der Waals surface area (Å²) in [6.07, 6.45) is -0.374. The van der Waals surface area contributed by atoms with E-state index in [4.69, 9.17) is 27.9 Å². The zero-order valence-electron chi connectivity index (χ0n) is 13.8. The van der Waals surface area contributed by atoms with Crippen LogP contribution in [0.5, 0.6) is 0 Å². The second-order valence-electron chi connectivity index (χ2n) is 5.58. The maximum absolute atomic E-state index is 12.2. The average molecular weight is 392 g/mol. The molecular formula is C18H15Cl2N3O3. The molecule has 1 N–H and O–H groups in total. The number of ether oxygens (including phenoxy) is 1. The first-order chi connectivity index (χ1) is 12.5. The maximum atomic E-state index is 12.2. The van der Waals surface area contributed by atoms with Gasteiger partial charge in [0.2, 0.25) is 0 Å². The van der Waals surface area contributed by atoms with Crippen molar-refractivity contribution in [3.05, 3.63) is 63.6 Å². The fraction of sp³-hybridized carbons (Fsp3) is 0.167. The fourth-order valence-corrected chi connectivity index (χ4v) is 2.83. The van der Waals surface area contributed by atoms with Crippen molar-refractivity contribution in [2.24, 2.45) is 5.10 Å². The predicted molar refractivity (Wildman–Crippen MR) is 101 cm³/mol. The second kappa shape index (κ2) is 7.76. The van der Waals surface area contributed by atoms with E-state index in [1.807, 2.05) is 24.3 Å². The van der Waals surface area contributed by atoms with Gasteiger partial charge in [0, 0.05) is 10.7 Å². The van der Waals surface area contributed by atoms with Crippen LogP contribution in [0.4, 0.5) is 10.5 Å². The Balaban J connectivity index is 1.76. The van der Waals surface area contributed by atoms with Gasteiger partial charge >= 0.3 is 6.09 Å². The molecule has 0 aliphatic carbocycles. The molecule has 3 rings (SSSR count). The summed E-state index contributed by atoms with van der Waals surface area (Å²) in [4.78, 5) is 25.5. The van der Waals surface area contributed by atoms with Gasteiger partial charge in [0.1, 0.15) is 6.61 Å². The number of hydrogen-bond donors (Lipinski definition) is 1. The number of nitrogens with zero attached hydrogens (tertiary/aromatic N) is 2. The lowest BCUT2D eigenvalue weighted by atomic mass is 10.1. The van der Waals surface area contributed by atoms with Gasteiger partial charge < -0.3 is 4.74 Å². The summed E-state index contributed by atoms with van der Waals surface area (Å²) in [5, 5.41) is 4.80. The Bertz CT molecular complexity index is 899. The summed E-state index contributed by atoms with van der Waals surface area (Å²) in [5.41, 5.74) is 4.75. The van der Waals surface area contributed by atoms with Crippen LogP contribution in [0.25, 0.3) is 0 Å². The van der Waals surface area contributed by atoms with E-state index < -0.39 is 5.91 Å². The van der Waals surface area contributed by atoms with Gasteiger partial charge in [0.25, 0.3) is 5.91 Å². The molecule has 1 aliphatic heterocycles. The number of amides is 2. The molecule has 1 aliphatic rings. The third kappa shape index (κ3) is 3.98. The summed E-state index contributed by atoms with van der Waals surface area (Å²) in [6, 6.07) is 11.9. The van der Waals surface area contributed by atoms with Crippen LogP contribution in [0.2, 0.25) is 10.0 Å². The van der Waals surface area contributed by atoms with Gasteiger partial charge in [-0.25, -0.2) is 10.2 Å². The van der Waals surface area contributed by atoms with Gasteiger partial charge in [0.15, 0.2) is 0 Å². The van der Waals surface area contributed by atoms with E-state index >= 15 is 0 Å². The van der Waals surface area contributed by atoms with Crippen molar-refractivity contribution < 1.29 is 14.3 Å². The van der Waals surface area contributed by atoms with Gasteiger partial charge in [-0.3, -0.25) is 9.69 Å². The molecule has 2 aromatic rings. The molecule has 0 saturated carbocycles. The molecule has 0 bridgehead atoms. The van der Waals surface area contributed by atoms with Gasteiger partial charge in [-0.15, -0.1) is 0 Å². The highest BCUT2D eigenvalue weighted by Crippen LogP contribution is 2.21. The van der Waals surface area contributed by atoms with Crippen molar-refractivity contribution >= 4 is 46.6 Å². The first kappa shape index (κ1) is 18.2. The van der Waals surface area contributed by atoms with Crippen molar-refractivity contribution in [3.63, 3.8) is 0 Å². The monoisotopic (exact) mass is 391 g/mol. The normalized spacial score (nSPS) is 14.3. The van der Waals surface area contributed by atoms with E-state index in [0.717, 1.165) is 5.56 Å². The minimum absolute atomic E-state index is 0.240. The summed E-state index contributed by atoms with van der Waals surface area (Å²) < 4.78 is 4.95. The fourth-order valence-electron chi connectivity index (χ4n) is 2.46. The lowest BCUT2D eigenvalue weighted by Crippen LogP contribution is -2.23. The SMILES string of the molecule is CC(=NNC(=O)c1cc(Cl)ccc1Cl)c1cccc(N2CCOC2=O)c1. The number of cyclic esters (lactones) is 1. The number of carbonyl (C=O) groups excluding carboxylic acids is 2. The van der Waals surface area contributed by atoms with Crippen LogP contribution >= 0.6 is 23.2 Å². The molecular weight excluding hydrogens is 377 g/mol. The van der Waals surface area contributed by atoms with E-state index in [-0.39, 0.29) is 16.7 Å². The Kier molecular flexibility index (Phi) is 5.44. The Morgan fingerprint density at radius 1 is 1.23 bits per heavy atom. The first-order valence-electron chi connectivity index (χ1n) is 7.80. The van der Waals surface area contributed by atoms with Crippen LogP contribution in [0.1, 0.15) is 22.8 Å². The highest BCUT2D eigenvalue weighted by atomic mass is 35.5. The standard InChI is InChI=1S/C18H15Cl2N3O3/c1-11(21-22-17(24)15-10-13(19)5-6-16(15)20)12-3-2-4-14(9-12)23-7-8-26-18(23)25/h2-6,9-10H,7-8H2,1H3,(H,22,24). The quantitative estimate of drug-likeness (QED) is 0.629. The number of nitrogens with one attached hydrogen (secondary N) is 1. The smallest absolute Gasteiger partial charge is 0.414 e. The van der Waals surface area contributed by atoms with E-state index in [0.29, 0.717) is 29.6 Å². The molecule has 2 aromatic carbocycles. The van der Waals surface area contributed by atoms with Gasteiger partial charge in [-0.1, -0.05) is 35.3 Å². The molecule has 0 spiro atoms. The van der Waals surface area contributed by atoms with Crippen LogP contribution in [-0.4, -0.2) is 30.9 Å². The van der Waals surface area contributed by atoms with Gasteiger partial charge in [0.05, 0.1) is 22.8 Å². The molecule has 1 heterocycles. The van der Waals surface area contributed by atoms with E-state index in [9.17, 15) is 9.59 Å². The molecule has 1 fully saturated rings. The Hall–Kier alpha value is -2.57. The predicted octanol–water partition coefficient (Wildman–Crippen LogP) is 4.10. The molecule has 0 unspecified atom stereocenters. The second-order valence-corrected chi connectivity index (χ2v) is 6.42. The Morgan fingerprint density at radius 2 is 2.04 bits per heavy atom. The number of hydrogen-bond acceptors (Lipinski definition) is 4. The first-order valence-corrected chi connectivity index (χ1v) is 8.55. The highest BCUT2D eigenvalue weighted by Gasteiger charge is 2.23. The number of halogens is 2. The molecule has 8 heteroatoms. The van der Waals surface area contributed by atoms with E-state index in [1.54, 1.807) is 24.0 Å². The zero-order chi connectivity index (χ0) is 18.7. The third-order valence-corrected chi connectivity index (χ3v) is 4.40. The minimum atomic E-state index is -0.462. The molecule has 0 radical (unpaired) electrons. The van der Waals surface area contributed by atoms with Crippen molar-refractivity contribution in [1.82, 2.24) is 5.43 Å². The summed E-state index contributed by atoms with van der Waals surface area (Å²) in [6.45, 7) is 2.62. The van der Waals surface area contributed by atoms with Crippen molar-refractivity contribution in [2.45, 2.75) is 6.92 Å². The Labute approximate surface area is 160 Å². The largest absolute Gasteiger partial charge is 0.447 e. The van der Waals surface area contributed by atoms with Gasteiger partial charge in [-0.05, 0) is 42.8 Å². The van der Waals surface area contributed by atoms with Crippen LogP contribution in [0.3, 0.4) is 0 Å². The third-order valence-electron chi connectivity index (χ3n) is 3.83. The van der Waals surface area contributed by atoms with E-state index in [1.165, 1.54) is 6.07 Å². The van der Waals surface area contributed by atoms with Crippen molar-refractivity contribution in [1.29, 1.82) is 0 Å². The molecule has 134 valence electrons. The molecule has 0 aromatic heterocycles. The number of carbonyl (C=O) groups is 2. The van der Waals surface area contributed by atoms with E-state index in [2.05, 4.69) is 10.5 Å². The van der Waals surface area contributed by atoms with Crippen LogP contribution in [0, 0.1) is 0 Å². The minimum Gasteiger partial charge on any atom is -0.447 e. The van der Waals surface area contributed by atoms with Crippen LogP contribution in [-0.2, 0) is 4.74 Å². The van der Waals surface area contributed by atoms with Crippen LogP contribution < -0.4 is 10.3 Å². The Morgan fingerprint density at radius 3 is 2.77 bits per heavy atom. The summed E-state index contributed by atoms with van der Waals surface area (Å²) >= 11 is 11.9. The van der Waals surface area contributed by atoms with Crippen LogP contribution in [0.15, 0.2) is 47.6 Å². The summed E-state index contributed by atoms with van der Waals surface area (Å²) in [5.74, 6) is -0.462. The van der Waals surface area contributed by atoms with Crippen molar-refractivity contribution in [3.8, 4) is 0 Å². The maximum Gasteiger partial charge on any atom is 0.414 e. The molecule has 26 heavy (non-hydrogen) atoms. The molecule has 0 atom stereocenters. The molecule has 2 amide bonds. The summed E-state index contributed by atoms with van der Waals surface area (Å²) in [7, 11) is 0. The van der Waals surface area contributed by atoms with Gasteiger partial charge in [-0.2, -0.15) is 5.10 Å². The number of hydrazone groups is 1. The molecule has 6 nitrogen and oxygen atoms in total. The topological polar surface area (TPSA) is 71.0 Å². The number of benzene rings is 2. The average Bonchev–Trinajstić information content (AvgIpc) is 3.07.